The van der Waals surface area contributed by atoms with E-state index in [-0.39, 0.29) is 17.6 Å². The number of carbonyl (C=O) groups is 1. The molecule has 2 aliphatic heterocycles. The fraction of sp³-hybridized carbons (Fsp3) is 0.667. The van der Waals surface area contributed by atoms with Gasteiger partial charge < -0.3 is 14.4 Å². The molecule has 2 atom stereocenters. The number of amides is 1. The zero-order valence-electron chi connectivity index (χ0n) is 12.7. The highest BCUT2D eigenvalue weighted by Crippen LogP contribution is 2.33. The van der Waals surface area contributed by atoms with Crippen LogP contribution in [-0.4, -0.2) is 58.6 Å². The van der Waals surface area contributed by atoms with Crippen LogP contribution in [0.2, 0.25) is 0 Å². The van der Waals surface area contributed by atoms with Crippen LogP contribution in [0.4, 0.5) is 0 Å². The van der Waals surface area contributed by atoms with E-state index in [9.17, 15) is 9.59 Å². The molecular formula is C15H21N3O4. The lowest BCUT2D eigenvalue weighted by Gasteiger charge is -2.31. The van der Waals surface area contributed by atoms with Gasteiger partial charge in [-0.2, -0.15) is 5.10 Å². The minimum absolute atomic E-state index is 0.0397. The molecule has 0 aliphatic carbocycles. The van der Waals surface area contributed by atoms with Crippen molar-refractivity contribution in [1.82, 2.24) is 14.7 Å². The zero-order chi connectivity index (χ0) is 15.6. The second-order valence-corrected chi connectivity index (χ2v) is 6.00. The number of rotatable bonds is 2. The quantitative estimate of drug-likeness (QED) is 0.771. The Hall–Kier alpha value is -1.73. The topological polar surface area (TPSA) is 73.7 Å². The SMILES string of the molecule is CC(=O)N1CCOC[C@]2(CC[C@H](Cn3ncccc3=O)O2)C1. The summed E-state index contributed by atoms with van der Waals surface area (Å²) in [5.74, 6) is 0.0397. The molecule has 0 aromatic carbocycles. The van der Waals surface area contributed by atoms with E-state index in [1.165, 1.54) is 10.7 Å². The van der Waals surface area contributed by atoms with Gasteiger partial charge in [0.05, 0.1) is 32.4 Å². The molecule has 1 aromatic heterocycles. The maximum atomic E-state index is 11.7. The minimum Gasteiger partial charge on any atom is -0.377 e. The van der Waals surface area contributed by atoms with Crippen LogP contribution in [0.25, 0.3) is 0 Å². The normalized spacial score (nSPS) is 28.8. The molecule has 3 rings (SSSR count). The third-order valence-electron chi connectivity index (χ3n) is 4.30. The summed E-state index contributed by atoms with van der Waals surface area (Å²) in [7, 11) is 0. The predicted octanol–water partition coefficient (Wildman–Crippen LogP) is 0.0398. The molecule has 2 aliphatic rings. The lowest BCUT2D eigenvalue weighted by atomic mass is 10.00. The highest BCUT2D eigenvalue weighted by molar-refractivity contribution is 5.73. The van der Waals surface area contributed by atoms with Crippen molar-refractivity contribution in [3.05, 3.63) is 28.7 Å². The maximum Gasteiger partial charge on any atom is 0.266 e. The van der Waals surface area contributed by atoms with Crippen LogP contribution < -0.4 is 5.56 Å². The van der Waals surface area contributed by atoms with Gasteiger partial charge in [0.15, 0.2) is 0 Å². The number of nitrogens with zero attached hydrogens (tertiary/aromatic N) is 3. The summed E-state index contributed by atoms with van der Waals surface area (Å²) in [6.07, 6.45) is 3.17. The van der Waals surface area contributed by atoms with Crippen molar-refractivity contribution >= 4 is 5.91 Å². The first-order chi connectivity index (χ1) is 10.6. The number of hydrogen-bond acceptors (Lipinski definition) is 5. The van der Waals surface area contributed by atoms with E-state index in [4.69, 9.17) is 9.47 Å². The predicted molar refractivity (Wildman–Crippen MR) is 78.4 cm³/mol. The second kappa shape index (κ2) is 6.18. The van der Waals surface area contributed by atoms with Crippen LogP contribution in [0.1, 0.15) is 19.8 Å². The molecule has 1 amide bonds. The van der Waals surface area contributed by atoms with E-state index in [0.717, 1.165) is 12.8 Å². The summed E-state index contributed by atoms with van der Waals surface area (Å²) in [6, 6.07) is 3.11. The molecule has 7 heteroatoms. The molecule has 1 aromatic rings. The Labute approximate surface area is 128 Å². The van der Waals surface area contributed by atoms with Gasteiger partial charge in [-0.3, -0.25) is 9.59 Å². The number of carbonyl (C=O) groups excluding carboxylic acids is 1. The van der Waals surface area contributed by atoms with Crippen molar-refractivity contribution in [2.45, 2.75) is 38.0 Å². The van der Waals surface area contributed by atoms with E-state index < -0.39 is 5.60 Å². The summed E-state index contributed by atoms with van der Waals surface area (Å²) in [5.41, 5.74) is -0.583. The van der Waals surface area contributed by atoms with Gasteiger partial charge in [0, 0.05) is 25.7 Å². The Morgan fingerprint density at radius 3 is 3.18 bits per heavy atom. The van der Waals surface area contributed by atoms with Crippen molar-refractivity contribution < 1.29 is 14.3 Å². The van der Waals surface area contributed by atoms with Crippen molar-refractivity contribution in [3.8, 4) is 0 Å². The van der Waals surface area contributed by atoms with Gasteiger partial charge in [-0.1, -0.05) is 0 Å². The van der Waals surface area contributed by atoms with Gasteiger partial charge in [0.2, 0.25) is 5.91 Å². The van der Waals surface area contributed by atoms with Crippen molar-refractivity contribution in [2.75, 3.05) is 26.3 Å². The maximum absolute atomic E-state index is 11.7. The molecule has 0 unspecified atom stereocenters. The number of ether oxygens (including phenoxy) is 2. The molecule has 2 fully saturated rings. The van der Waals surface area contributed by atoms with Gasteiger partial charge in [-0.05, 0) is 18.9 Å². The number of aromatic nitrogens is 2. The Kier molecular flexibility index (Phi) is 4.26. The molecule has 2 saturated heterocycles. The molecule has 7 nitrogen and oxygen atoms in total. The fourth-order valence-electron chi connectivity index (χ4n) is 3.14. The van der Waals surface area contributed by atoms with E-state index in [2.05, 4.69) is 5.10 Å². The van der Waals surface area contributed by atoms with E-state index in [0.29, 0.717) is 32.8 Å². The first-order valence-corrected chi connectivity index (χ1v) is 7.61. The van der Waals surface area contributed by atoms with Crippen LogP contribution in [0.15, 0.2) is 23.1 Å². The average molecular weight is 307 g/mol. The molecule has 0 saturated carbocycles. The van der Waals surface area contributed by atoms with Crippen LogP contribution in [0.5, 0.6) is 0 Å². The smallest absolute Gasteiger partial charge is 0.266 e. The van der Waals surface area contributed by atoms with Gasteiger partial charge in [-0.25, -0.2) is 4.68 Å². The van der Waals surface area contributed by atoms with Gasteiger partial charge in [-0.15, -0.1) is 0 Å². The standard InChI is InChI=1S/C15H21N3O4/c1-12(19)17-7-8-21-11-15(10-17)5-4-13(22-15)9-18-14(20)3-2-6-16-18/h2-3,6,13H,4-5,7-11H2,1H3/t13-,15+/m1/s1. The Morgan fingerprint density at radius 1 is 1.55 bits per heavy atom. The minimum atomic E-state index is -0.453. The number of hydrogen-bond donors (Lipinski definition) is 0. The molecule has 0 N–H and O–H groups in total. The Morgan fingerprint density at radius 2 is 2.41 bits per heavy atom. The van der Waals surface area contributed by atoms with Gasteiger partial charge in [0.1, 0.15) is 5.60 Å². The molecule has 3 heterocycles. The Bertz CT molecular complexity index is 602. The van der Waals surface area contributed by atoms with Crippen LogP contribution in [0.3, 0.4) is 0 Å². The van der Waals surface area contributed by atoms with Crippen LogP contribution in [-0.2, 0) is 20.8 Å². The summed E-state index contributed by atoms with van der Waals surface area (Å²) in [6.45, 7) is 4.18. The lowest BCUT2D eigenvalue weighted by molar-refractivity contribution is -0.134. The zero-order valence-corrected chi connectivity index (χ0v) is 12.7. The molecule has 0 bridgehead atoms. The average Bonchev–Trinajstić information content (AvgIpc) is 2.74. The molecule has 22 heavy (non-hydrogen) atoms. The van der Waals surface area contributed by atoms with Crippen molar-refractivity contribution in [2.24, 2.45) is 0 Å². The highest BCUT2D eigenvalue weighted by atomic mass is 16.6. The molecule has 120 valence electrons. The summed E-state index contributed by atoms with van der Waals surface area (Å²) < 4.78 is 13.2. The van der Waals surface area contributed by atoms with Crippen molar-refractivity contribution in [3.63, 3.8) is 0 Å². The van der Waals surface area contributed by atoms with Crippen molar-refractivity contribution in [1.29, 1.82) is 0 Å². The van der Waals surface area contributed by atoms with Crippen LogP contribution >= 0.6 is 0 Å². The summed E-state index contributed by atoms with van der Waals surface area (Å²) in [4.78, 5) is 25.2. The third kappa shape index (κ3) is 3.20. The summed E-state index contributed by atoms with van der Waals surface area (Å²) >= 11 is 0. The van der Waals surface area contributed by atoms with Gasteiger partial charge >= 0.3 is 0 Å². The van der Waals surface area contributed by atoms with E-state index in [1.54, 1.807) is 24.1 Å². The second-order valence-electron chi connectivity index (χ2n) is 6.00. The molecule has 1 spiro atoms. The first-order valence-electron chi connectivity index (χ1n) is 7.61. The third-order valence-corrected chi connectivity index (χ3v) is 4.30. The molecule has 0 radical (unpaired) electrons. The molecular weight excluding hydrogens is 286 g/mol. The highest BCUT2D eigenvalue weighted by Gasteiger charge is 2.43. The van der Waals surface area contributed by atoms with Gasteiger partial charge in [0.25, 0.3) is 5.56 Å². The van der Waals surface area contributed by atoms with E-state index in [1.807, 2.05) is 0 Å². The Balaban J connectivity index is 1.69. The van der Waals surface area contributed by atoms with E-state index >= 15 is 0 Å². The monoisotopic (exact) mass is 307 g/mol. The first kappa shape index (κ1) is 15.2. The fourth-order valence-corrected chi connectivity index (χ4v) is 3.14. The summed E-state index contributed by atoms with van der Waals surface area (Å²) in [5, 5.41) is 4.07. The van der Waals surface area contributed by atoms with Crippen LogP contribution in [0, 0.1) is 0 Å². The lowest BCUT2D eigenvalue weighted by Crippen LogP contribution is -2.46. The largest absolute Gasteiger partial charge is 0.377 e.